The van der Waals surface area contributed by atoms with Crippen LogP contribution >= 0.6 is 0 Å². The van der Waals surface area contributed by atoms with E-state index in [1.54, 1.807) is 12.1 Å². The summed E-state index contributed by atoms with van der Waals surface area (Å²) in [6.45, 7) is 2.46. The van der Waals surface area contributed by atoms with Gasteiger partial charge in [-0.05, 0) is 42.5 Å². The van der Waals surface area contributed by atoms with Gasteiger partial charge >= 0.3 is 11.7 Å². The number of aromatic amines is 1. The average molecular weight is 584 g/mol. The number of nitrogens with one attached hydrogen (secondary N) is 2. The molecule has 220 valence electrons. The van der Waals surface area contributed by atoms with Crippen molar-refractivity contribution in [2.45, 2.75) is 19.1 Å². The molecule has 0 aliphatic carbocycles. The summed E-state index contributed by atoms with van der Waals surface area (Å²) in [5.74, 6) is -4.13. The fraction of sp³-hybridized carbons (Fsp3) is 0.333. The van der Waals surface area contributed by atoms with Crippen LogP contribution < -0.4 is 16.0 Å². The molecule has 3 heterocycles. The van der Waals surface area contributed by atoms with Crippen molar-refractivity contribution in [2.75, 3.05) is 49.7 Å². The Balaban J connectivity index is 1.34. The monoisotopic (exact) mass is 583 g/mol. The maximum absolute atomic E-state index is 14.6. The molecule has 0 unspecified atom stereocenters. The molecule has 1 aromatic heterocycles. The molecule has 0 spiro atoms. The molecule has 0 saturated carbocycles. The number of H-pyrrole nitrogens is 1. The van der Waals surface area contributed by atoms with Crippen molar-refractivity contribution >= 4 is 35.1 Å². The number of anilines is 2. The molecule has 42 heavy (non-hydrogen) atoms. The Hall–Kier alpha value is -4.89. The number of amides is 3. The molecule has 2 fully saturated rings. The summed E-state index contributed by atoms with van der Waals surface area (Å²) in [5, 5.41) is 6.16. The van der Waals surface area contributed by atoms with Crippen LogP contribution in [0.3, 0.4) is 0 Å². The second kappa shape index (κ2) is 12.3. The summed E-state index contributed by atoms with van der Waals surface area (Å²) in [6, 6.07) is 9.68. The molecule has 2 aliphatic heterocycles. The van der Waals surface area contributed by atoms with Crippen LogP contribution in [0, 0.1) is 5.82 Å². The molecule has 2 N–H and O–H groups in total. The van der Waals surface area contributed by atoms with Gasteiger partial charge in [-0.15, -0.1) is 0 Å². The number of ether oxygens (including phenoxy) is 3. The van der Waals surface area contributed by atoms with Gasteiger partial charge in [0.2, 0.25) is 6.10 Å². The van der Waals surface area contributed by atoms with Gasteiger partial charge in [-0.1, -0.05) is 5.16 Å². The highest BCUT2D eigenvalue weighted by Gasteiger charge is 2.43. The molecular formula is C27H26FN5O9. The Morgan fingerprint density at radius 2 is 1.81 bits per heavy atom. The highest BCUT2D eigenvalue weighted by atomic mass is 19.1. The molecule has 2 aromatic carbocycles. The van der Waals surface area contributed by atoms with Crippen LogP contribution in [0.2, 0.25) is 0 Å². The molecule has 0 bridgehead atoms. The molecule has 2 saturated heterocycles. The molecule has 0 radical (unpaired) electrons. The van der Waals surface area contributed by atoms with Gasteiger partial charge in [0.15, 0.2) is 11.9 Å². The van der Waals surface area contributed by atoms with Crippen molar-refractivity contribution in [3.63, 3.8) is 0 Å². The average Bonchev–Trinajstić information content (AvgIpc) is 3.42. The molecule has 3 aromatic rings. The Morgan fingerprint density at radius 1 is 1.07 bits per heavy atom. The standard InChI is InChI=1S/C27H26FN5O9/c1-15(34)41-21(24(35)29-19-4-2-16(3-5-19)23-30-27(38)42-31-23)22-26(37)33(8-11-40-22)20-13-17(12-18(28)14-20)25(36)32-6-9-39-10-7-32/h2-5,12-14,21-22H,6-11H2,1H3,(H,29,35)(H,30,31,38)/t21-,22-/m1/s1. The summed E-state index contributed by atoms with van der Waals surface area (Å²) >= 11 is 0. The highest BCUT2D eigenvalue weighted by Crippen LogP contribution is 2.26. The highest BCUT2D eigenvalue weighted by molar-refractivity contribution is 6.05. The lowest BCUT2D eigenvalue weighted by atomic mass is 10.1. The SMILES string of the molecule is CC(=O)O[C@@H](C(=O)Nc1ccc(-c2noc(=O)[nH]2)cc1)[C@H]1OCCN(c2cc(F)cc(C(=O)N3CCOCC3)c2)C1=O. The van der Waals surface area contributed by atoms with Gasteiger partial charge in [-0.25, -0.2) is 9.18 Å². The first-order valence-corrected chi connectivity index (χ1v) is 12.9. The van der Waals surface area contributed by atoms with Crippen LogP contribution in [-0.2, 0) is 28.6 Å². The summed E-state index contributed by atoms with van der Waals surface area (Å²) in [7, 11) is 0. The zero-order valence-corrected chi connectivity index (χ0v) is 22.3. The molecule has 14 nitrogen and oxygen atoms in total. The van der Waals surface area contributed by atoms with E-state index in [4.69, 9.17) is 14.2 Å². The maximum Gasteiger partial charge on any atom is 0.439 e. The van der Waals surface area contributed by atoms with E-state index in [2.05, 4.69) is 20.0 Å². The number of hydrogen-bond donors (Lipinski definition) is 2. The van der Waals surface area contributed by atoms with Gasteiger partial charge in [0.1, 0.15) is 5.82 Å². The first kappa shape index (κ1) is 28.6. The number of morpholine rings is 2. The molecule has 15 heteroatoms. The third-order valence-electron chi connectivity index (χ3n) is 6.55. The number of carbonyl (C=O) groups excluding carboxylic acids is 4. The number of esters is 1. The van der Waals surface area contributed by atoms with E-state index >= 15 is 0 Å². The van der Waals surface area contributed by atoms with Crippen LogP contribution in [-0.4, -0.2) is 90.4 Å². The first-order chi connectivity index (χ1) is 20.2. The smallest absolute Gasteiger partial charge is 0.439 e. The molecule has 2 aliphatic rings. The second-order valence-corrected chi connectivity index (χ2v) is 9.42. The quantitative estimate of drug-likeness (QED) is 0.381. The first-order valence-electron chi connectivity index (χ1n) is 12.9. The topological polar surface area (TPSA) is 173 Å². The van der Waals surface area contributed by atoms with Crippen molar-refractivity contribution in [3.8, 4) is 11.4 Å². The van der Waals surface area contributed by atoms with Gasteiger partial charge in [-0.2, -0.15) is 0 Å². The minimum Gasteiger partial charge on any atom is -0.449 e. The molecule has 2 atom stereocenters. The molecule has 5 rings (SSSR count). The second-order valence-electron chi connectivity index (χ2n) is 9.42. The third-order valence-corrected chi connectivity index (χ3v) is 6.55. The van der Waals surface area contributed by atoms with Gasteiger partial charge in [0.25, 0.3) is 17.7 Å². The Kier molecular flexibility index (Phi) is 8.40. The lowest BCUT2D eigenvalue weighted by Gasteiger charge is -2.35. The summed E-state index contributed by atoms with van der Waals surface area (Å²) < 4.78 is 35.2. The van der Waals surface area contributed by atoms with Gasteiger partial charge in [0.05, 0.1) is 19.8 Å². The molecular weight excluding hydrogens is 557 g/mol. The van der Waals surface area contributed by atoms with Crippen LogP contribution in [0.25, 0.3) is 11.4 Å². The van der Waals surface area contributed by atoms with E-state index in [9.17, 15) is 28.4 Å². The lowest BCUT2D eigenvalue weighted by molar-refractivity contribution is -0.167. The fourth-order valence-corrected chi connectivity index (χ4v) is 4.59. The minimum absolute atomic E-state index is 0.00395. The summed E-state index contributed by atoms with van der Waals surface area (Å²) in [6.07, 6.45) is -3.24. The lowest BCUT2D eigenvalue weighted by Crippen LogP contribution is -2.56. The number of benzene rings is 2. The van der Waals surface area contributed by atoms with E-state index in [-0.39, 0.29) is 35.9 Å². The number of aromatic nitrogens is 2. The normalized spacial score (nSPS) is 18.0. The van der Waals surface area contributed by atoms with E-state index in [1.165, 1.54) is 28.0 Å². The van der Waals surface area contributed by atoms with Crippen LogP contribution in [0.15, 0.2) is 51.8 Å². The largest absolute Gasteiger partial charge is 0.449 e. The Labute approximate surface area is 237 Å². The summed E-state index contributed by atoms with van der Waals surface area (Å²) in [5.41, 5.74) is 0.921. The number of carbonyl (C=O) groups is 4. The van der Waals surface area contributed by atoms with E-state index in [0.717, 1.165) is 19.1 Å². The predicted octanol–water partition coefficient (Wildman–Crippen LogP) is 0.944. The molecule has 3 amide bonds. The van der Waals surface area contributed by atoms with E-state index < -0.39 is 47.5 Å². The van der Waals surface area contributed by atoms with Crippen LogP contribution in [0.5, 0.6) is 0 Å². The van der Waals surface area contributed by atoms with E-state index in [0.29, 0.717) is 31.9 Å². The van der Waals surface area contributed by atoms with E-state index in [1.807, 2.05) is 0 Å². The van der Waals surface area contributed by atoms with Gasteiger partial charge in [0, 0.05) is 49.1 Å². The predicted molar refractivity (Wildman–Crippen MR) is 142 cm³/mol. The van der Waals surface area contributed by atoms with Crippen LogP contribution in [0.1, 0.15) is 17.3 Å². The number of nitrogens with zero attached hydrogens (tertiary/aromatic N) is 3. The summed E-state index contributed by atoms with van der Waals surface area (Å²) in [4.78, 5) is 68.0. The van der Waals surface area contributed by atoms with Gasteiger partial charge < -0.3 is 29.3 Å². The zero-order valence-electron chi connectivity index (χ0n) is 22.3. The fourth-order valence-electron chi connectivity index (χ4n) is 4.59. The Bertz CT molecular complexity index is 1550. The van der Waals surface area contributed by atoms with Crippen molar-refractivity contribution in [1.82, 2.24) is 15.0 Å². The van der Waals surface area contributed by atoms with Crippen molar-refractivity contribution in [3.05, 3.63) is 64.4 Å². The van der Waals surface area contributed by atoms with Gasteiger partial charge in [-0.3, -0.25) is 28.7 Å². The number of halogens is 1. The van der Waals surface area contributed by atoms with Crippen molar-refractivity contribution in [1.29, 1.82) is 0 Å². The van der Waals surface area contributed by atoms with Crippen molar-refractivity contribution in [2.24, 2.45) is 0 Å². The third kappa shape index (κ3) is 6.37. The van der Waals surface area contributed by atoms with Crippen molar-refractivity contribution < 1.29 is 42.3 Å². The van der Waals surface area contributed by atoms with Crippen LogP contribution in [0.4, 0.5) is 15.8 Å². The minimum atomic E-state index is -1.69. The number of rotatable bonds is 7. The number of hydrogen-bond acceptors (Lipinski definition) is 10. The Morgan fingerprint density at radius 3 is 2.48 bits per heavy atom. The zero-order chi connectivity index (χ0) is 29.8. The maximum atomic E-state index is 14.6.